The zero-order valence-electron chi connectivity index (χ0n) is 6.90. The Kier molecular flexibility index (Phi) is 2.63. The first-order valence-corrected chi connectivity index (χ1v) is 5.21. The van der Waals surface area contributed by atoms with Gasteiger partial charge in [-0.25, -0.2) is 4.99 Å². The van der Waals surface area contributed by atoms with Gasteiger partial charge in [0, 0.05) is 9.65 Å². The van der Waals surface area contributed by atoms with E-state index in [-0.39, 0.29) is 0 Å². The fourth-order valence-corrected chi connectivity index (χ4v) is 1.45. The lowest BCUT2D eigenvalue weighted by molar-refractivity contribution is 0.442. The summed E-state index contributed by atoms with van der Waals surface area (Å²) in [5.41, 5.74) is 1.04. The maximum atomic E-state index is 5.50. The molecular weight excluding hydrogens is 277 g/mol. The van der Waals surface area contributed by atoms with E-state index in [1.54, 1.807) is 0 Å². The first-order chi connectivity index (χ1) is 6.40. The van der Waals surface area contributed by atoms with Crippen molar-refractivity contribution in [2.75, 3.05) is 6.54 Å². The molecule has 66 valence electrons. The third kappa shape index (κ3) is 1.91. The highest BCUT2D eigenvalue weighted by molar-refractivity contribution is 14.1. The quantitative estimate of drug-likeness (QED) is 0.727. The summed E-state index contributed by atoms with van der Waals surface area (Å²) in [5.74, 6) is 1.64. The number of hydrogen-bond acceptors (Lipinski definition) is 2. The Hall–Kier alpha value is -0.840. The van der Waals surface area contributed by atoms with E-state index in [9.17, 15) is 0 Å². The van der Waals surface area contributed by atoms with Gasteiger partial charge in [-0.3, -0.25) is 0 Å². The van der Waals surface area contributed by atoms with E-state index in [1.807, 2.05) is 34.4 Å². The number of aliphatic imine (C=N–C) groups is 1. The first-order valence-electron chi connectivity index (χ1n) is 3.97. The van der Waals surface area contributed by atoms with Gasteiger partial charge in [0.2, 0.25) is 5.90 Å². The lowest BCUT2D eigenvalue weighted by Gasteiger charge is -2.00. The Morgan fingerprint density at radius 1 is 1.31 bits per heavy atom. The highest BCUT2D eigenvalue weighted by Crippen LogP contribution is 2.15. The minimum atomic E-state index is 0.660. The molecule has 0 fully saturated rings. The van der Waals surface area contributed by atoms with Gasteiger partial charge in [0.25, 0.3) is 0 Å². The largest absolute Gasteiger partial charge is 0.441 e. The van der Waals surface area contributed by atoms with Crippen LogP contribution in [0, 0.1) is 0 Å². The topological polar surface area (TPSA) is 21.6 Å². The Balaban J connectivity index is 2.22. The lowest BCUT2D eigenvalue weighted by atomic mass is 10.2. The zero-order chi connectivity index (χ0) is 9.10. The van der Waals surface area contributed by atoms with Gasteiger partial charge in [-0.1, -0.05) is 18.2 Å². The molecule has 13 heavy (non-hydrogen) atoms. The molecule has 0 radical (unpaired) electrons. The van der Waals surface area contributed by atoms with Crippen LogP contribution in [0.3, 0.4) is 0 Å². The van der Waals surface area contributed by atoms with Gasteiger partial charge in [-0.05, 0) is 34.7 Å². The number of rotatable bonds is 1. The van der Waals surface area contributed by atoms with Crippen LogP contribution in [0.5, 0.6) is 0 Å². The van der Waals surface area contributed by atoms with Crippen LogP contribution in [0.1, 0.15) is 5.56 Å². The van der Waals surface area contributed by atoms with E-state index in [4.69, 9.17) is 4.74 Å². The van der Waals surface area contributed by atoms with Gasteiger partial charge in [0.1, 0.15) is 12.3 Å². The van der Waals surface area contributed by atoms with Gasteiger partial charge >= 0.3 is 0 Å². The molecule has 0 unspecified atom stereocenters. The van der Waals surface area contributed by atoms with E-state index < -0.39 is 0 Å². The molecule has 0 atom stereocenters. The van der Waals surface area contributed by atoms with Gasteiger partial charge in [-0.2, -0.15) is 0 Å². The maximum absolute atomic E-state index is 5.50. The van der Waals surface area contributed by atoms with Crippen molar-refractivity contribution in [1.82, 2.24) is 0 Å². The van der Waals surface area contributed by atoms with Crippen LogP contribution in [0.15, 0.2) is 45.2 Å². The van der Waals surface area contributed by atoms with E-state index in [2.05, 4.69) is 27.6 Å². The molecule has 0 spiro atoms. The molecule has 1 aromatic carbocycles. The molecule has 0 saturated heterocycles. The minimum Gasteiger partial charge on any atom is -0.441 e. The first kappa shape index (κ1) is 8.74. The van der Waals surface area contributed by atoms with Crippen molar-refractivity contribution in [3.05, 3.63) is 45.7 Å². The Morgan fingerprint density at radius 2 is 2.08 bits per heavy atom. The van der Waals surface area contributed by atoms with Crippen LogP contribution in [0.25, 0.3) is 0 Å². The van der Waals surface area contributed by atoms with Crippen LogP contribution in [0.2, 0.25) is 0 Å². The van der Waals surface area contributed by atoms with Crippen molar-refractivity contribution in [2.45, 2.75) is 0 Å². The molecule has 1 aliphatic heterocycles. The number of hydrogen-bond donors (Lipinski definition) is 0. The summed E-state index contributed by atoms with van der Waals surface area (Å²) in [6.45, 7) is 0.660. The van der Waals surface area contributed by atoms with Crippen molar-refractivity contribution in [3.63, 3.8) is 0 Å². The highest BCUT2D eigenvalue weighted by Gasteiger charge is 2.13. The standard InChI is InChI=1S/C10H8INO/c11-6-9-7-12-10(13-9)8-4-2-1-3-5-8/h1-6H,7H2/b9-6+. The zero-order valence-corrected chi connectivity index (χ0v) is 9.06. The summed E-state index contributed by atoms with van der Waals surface area (Å²) < 4.78 is 7.41. The summed E-state index contributed by atoms with van der Waals surface area (Å²) in [6.07, 6.45) is 0. The van der Waals surface area contributed by atoms with E-state index in [0.29, 0.717) is 6.54 Å². The molecule has 0 bridgehead atoms. The van der Waals surface area contributed by atoms with Crippen LogP contribution in [-0.4, -0.2) is 12.4 Å². The third-order valence-corrected chi connectivity index (χ3v) is 2.44. The minimum absolute atomic E-state index is 0.660. The molecule has 2 nitrogen and oxygen atoms in total. The smallest absolute Gasteiger partial charge is 0.222 e. The van der Waals surface area contributed by atoms with E-state index in [0.717, 1.165) is 17.2 Å². The van der Waals surface area contributed by atoms with Gasteiger partial charge in [0.15, 0.2) is 0 Å². The van der Waals surface area contributed by atoms with Crippen molar-refractivity contribution >= 4 is 28.5 Å². The molecule has 1 aromatic rings. The van der Waals surface area contributed by atoms with Gasteiger partial charge < -0.3 is 4.74 Å². The summed E-state index contributed by atoms with van der Waals surface area (Å²) in [7, 11) is 0. The molecule has 0 amide bonds. The average Bonchev–Trinajstić information content (AvgIpc) is 2.67. The second-order valence-corrected chi connectivity index (χ2v) is 3.29. The van der Waals surface area contributed by atoms with E-state index >= 15 is 0 Å². The average molecular weight is 285 g/mol. The van der Waals surface area contributed by atoms with Crippen molar-refractivity contribution in [3.8, 4) is 0 Å². The maximum Gasteiger partial charge on any atom is 0.222 e. The molecule has 1 heterocycles. The molecule has 3 heteroatoms. The predicted molar refractivity (Wildman–Crippen MR) is 61.0 cm³/mol. The number of nitrogens with zero attached hydrogens (tertiary/aromatic N) is 1. The summed E-state index contributed by atoms with van der Waals surface area (Å²) in [6, 6.07) is 9.93. The Labute approximate surface area is 90.5 Å². The fourth-order valence-electron chi connectivity index (χ4n) is 1.13. The molecule has 0 aliphatic carbocycles. The van der Waals surface area contributed by atoms with E-state index in [1.165, 1.54) is 0 Å². The number of benzene rings is 1. The molecule has 0 N–H and O–H groups in total. The SMILES string of the molecule is I/C=C1\CN=C(c2ccccc2)O1. The van der Waals surface area contributed by atoms with Gasteiger partial charge in [-0.15, -0.1) is 0 Å². The third-order valence-electron chi connectivity index (χ3n) is 1.75. The Morgan fingerprint density at radius 3 is 2.69 bits per heavy atom. The monoisotopic (exact) mass is 285 g/mol. The van der Waals surface area contributed by atoms with Crippen LogP contribution < -0.4 is 0 Å². The Bertz CT molecular complexity index is 356. The lowest BCUT2D eigenvalue weighted by Crippen LogP contribution is -1.98. The summed E-state index contributed by atoms with van der Waals surface area (Å²) in [4.78, 5) is 4.28. The van der Waals surface area contributed by atoms with Crippen molar-refractivity contribution < 1.29 is 4.74 Å². The summed E-state index contributed by atoms with van der Waals surface area (Å²) >= 11 is 2.16. The number of ether oxygens (including phenoxy) is 1. The molecule has 2 rings (SSSR count). The highest BCUT2D eigenvalue weighted by atomic mass is 127. The van der Waals surface area contributed by atoms with Crippen molar-refractivity contribution in [1.29, 1.82) is 0 Å². The second kappa shape index (κ2) is 3.91. The van der Waals surface area contributed by atoms with Crippen LogP contribution in [-0.2, 0) is 4.74 Å². The second-order valence-electron chi connectivity index (χ2n) is 2.66. The molecule has 1 aliphatic rings. The molecule has 0 saturated carbocycles. The van der Waals surface area contributed by atoms with Crippen LogP contribution in [0.4, 0.5) is 0 Å². The normalized spacial score (nSPS) is 18.5. The molecule has 0 aromatic heterocycles. The molecular formula is C10H8INO. The van der Waals surface area contributed by atoms with Crippen LogP contribution >= 0.6 is 22.6 Å². The van der Waals surface area contributed by atoms with Gasteiger partial charge in [0.05, 0.1) is 0 Å². The predicted octanol–water partition coefficient (Wildman–Crippen LogP) is 2.74. The number of halogens is 1. The summed E-state index contributed by atoms with van der Waals surface area (Å²) in [5, 5.41) is 0. The fraction of sp³-hybridized carbons (Fsp3) is 0.100. The van der Waals surface area contributed by atoms with Crippen molar-refractivity contribution in [2.24, 2.45) is 4.99 Å².